The molecule has 0 saturated heterocycles. The molecule has 0 aliphatic heterocycles. The third kappa shape index (κ3) is 3.51. The maximum absolute atomic E-state index is 12.7. The maximum Gasteiger partial charge on any atom is 0.419 e. The summed E-state index contributed by atoms with van der Waals surface area (Å²) in [6.07, 6.45) is -1.38. The molecule has 0 aromatic carbocycles. The minimum atomic E-state index is -4.68. The molecule has 0 atom stereocenters. The molecule has 0 spiro atoms. The molecule has 0 radical (unpaired) electrons. The zero-order valence-corrected chi connectivity index (χ0v) is 13.1. The summed E-state index contributed by atoms with van der Waals surface area (Å²) in [6, 6.07) is 2.10. The summed E-state index contributed by atoms with van der Waals surface area (Å²) in [5.41, 5.74) is -1.91. The van der Waals surface area contributed by atoms with Gasteiger partial charge < -0.3 is 10.1 Å². The predicted octanol–water partition coefficient (Wildman–Crippen LogP) is 2.67. The van der Waals surface area contributed by atoms with Gasteiger partial charge in [0.2, 0.25) is 0 Å². The van der Waals surface area contributed by atoms with Crippen LogP contribution in [0.2, 0.25) is 0 Å². The molecule has 1 aliphatic carbocycles. The summed E-state index contributed by atoms with van der Waals surface area (Å²) >= 11 is 0. The first-order chi connectivity index (χ1) is 8.91. The quantitative estimate of drug-likeness (QED) is 0.703. The van der Waals surface area contributed by atoms with Crippen LogP contribution in [-0.4, -0.2) is 10.9 Å². The van der Waals surface area contributed by atoms with Gasteiger partial charge in [-0.1, -0.05) is 0 Å². The molecule has 4 nitrogen and oxygen atoms in total. The molecule has 106 valence electrons. The fourth-order valence-corrected chi connectivity index (χ4v) is 1.64. The second kappa shape index (κ2) is 6.27. The van der Waals surface area contributed by atoms with Crippen LogP contribution in [0.25, 0.3) is 0 Å². The van der Waals surface area contributed by atoms with E-state index in [9.17, 15) is 18.0 Å². The van der Waals surface area contributed by atoms with Crippen molar-refractivity contribution in [2.45, 2.75) is 25.4 Å². The number of nitrogens with one attached hydrogen (secondary N) is 1. The Hall–Kier alpha value is -1.54. The summed E-state index contributed by atoms with van der Waals surface area (Å²) in [5, 5.41) is 10.9. The molecule has 1 aromatic rings. The number of nitrogens with zero attached hydrogens (tertiary/aromatic N) is 2. The minimum Gasteiger partial charge on any atom is -0.350 e. The average Bonchev–Trinajstić information content (AvgIpc) is 2.25. The van der Waals surface area contributed by atoms with E-state index in [0.29, 0.717) is 18.8 Å². The van der Waals surface area contributed by atoms with Crippen LogP contribution in [0, 0.1) is 17.2 Å². The standard InChI is InChI=1S/C12H9F3N3O.W/c13-12(14,15)9-4-8(6-17-10(9)5-16)18-11(19)7-2-1-3-7;/h4,6H,1-3H2,(H,18,19);/q-1;. The van der Waals surface area contributed by atoms with Crippen molar-refractivity contribution in [3.8, 4) is 6.07 Å². The minimum absolute atomic E-state index is 0. The zero-order valence-electron chi connectivity index (χ0n) is 10.1. The van der Waals surface area contributed by atoms with Gasteiger partial charge in [0.05, 0.1) is 23.4 Å². The fourth-order valence-electron chi connectivity index (χ4n) is 1.64. The van der Waals surface area contributed by atoms with Crippen molar-refractivity contribution in [2.24, 2.45) is 0 Å². The monoisotopic (exact) mass is 452 g/mol. The number of hydrogen-bond acceptors (Lipinski definition) is 3. The van der Waals surface area contributed by atoms with E-state index >= 15 is 0 Å². The van der Waals surface area contributed by atoms with Gasteiger partial charge in [-0.2, -0.15) is 31.3 Å². The molecule has 2 rings (SSSR count). The van der Waals surface area contributed by atoms with E-state index in [1.807, 2.05) is 0 Å². The SMILES string of the molecule is N#Cc1ncc(NC(=O)[C-]2CCC2)cc1C(F)(F)F.[W]. The Morgan fingerprint density at radius 1 is 1.45 bits per heavy atom. The number of anilines is 1. The first kappa shape index (κ1) is 16.5. The van der Waals surface area contributed by atoms with Crippen molar-refractivity contribution in [3.63, 3.8) is 0 Å². The van der Waals surface area contributed by atoms with Gasteiger partial charge in [0.15, 0.2) is 5.69 Å². The number of amides is 1. The van der Waals surface area contributed by atoms with Gasteiger partial charge in [-0.05, 0) is 6.07 Å². The second-order valence-corrected chi connectivity index (χ2v) is 4.14. The van der Waals surface area contributed by atoms with Gasteiger partial charge in [0, 0.05) is 21.1 Å². The van der Waals surface area contributed by atoms with Crippen LogP contribution in [0.15, 0.2) is 12.3 Å². The van der Waals surface area contributed by atoms with Crippen LogP contribution in [0.5, 0.6) is 0 Å². The second-order valence-electron chi connectivity index (χ2n) is 4.14. The summed E-state index contributed by atoms with van der Waals surface area (Å²) < 4.78 is 38.0. The Bertz CT molecular complexity index is 550. The number of pyridine rings is 1. The first-order valence-corrected chi connectivity index (χ1v) is 5.55. The molecule has 1 aliphatic rings. The average molecular weight is 452 g/mol. The van der Waals surface area contributed by atoms with Crippen LogP contribution in [0.4, 0.5) is 18.9 Å². The van der Waals surface area contributed by atoms with Gasteiger partial charge >= 0.3 is 6.18 Å². The Kier molecular flexibility index (Phi) is 5.18. The van der Waals surface area contributed by atoms with Gasteiger partial charge in [-0.3, -0.25) is 5.92 Å². The van der Waals surface area contributed by atoms with E-state index < -0.39 is 17.4 Å². The molecule has 1 aromatic heterocycles. The Labute approximate surface area is 127 Å². The molecule has 1 N–H and O–H groups in total. The third-order valence-corrected chi connectivity index (χ3v) is 2.84. The molecule has 0 unspecified atom stereocenters. The summed E-state index contributed by atoms with van der Waals surface area (Å²) in [5.74, 6) is 0.281. The van der Waals surface area contributed by atoms with Crippen LogP contribution >= 0.6 is 0 Å². The number of carbonyl (C=O) groups is 1. The van der Waals surface area contributed by atoms with E-state index in [-0.39, 0.29) is 32.7 Å². The van der Waals surface area contributed by atoms with E-state index in [1.54, 1.807) is 0 Å². The fraction of sp³-hybridized carbons (Fsp3) is 0.333. The van der Waals surface area contributed by atoms with Crippen LogP contribution in [0.3, 0.4) is 0 Å². The van der Waals surface area contributed by atoms with Gasteiger partial charge in [-0.15, -0.1) is 6.42 Å². The molecule has 1 amide bonds. The smallest absolute Gasteiger partial charge is 0.350 e. The van der Waals surface area contributed by atoms with Crippen molar-refractivity contribution < 1.29 is 39.0 Å². The van der Waals surface area contributed by atoms with Crippen LogP contribution in [-0.2, 0) is 32.0 Å². The molecule has 0 bridgehead atoms. The Balaban J connectivity index is 0.00000200. The first-order valence-electron chi connectivity index (χ1n) is 5.55. The topological polar surface area (TPSA) is 65.8 Å². The molecule has 1 fully saturated rings. The number of rotatable bonds is 2. The van der Waals surface area contributed by atoms with Crippen molar-refractivity contribution in [1.29, 1.82) is 5.26 Å². The largest absolute Gasteiger partial charge is 0.419 e. The normalized spacial score (nSPS) is 13.8. The number of carbonyl (C=O) groups excluding carboxylic acids is 1. The molecule has 20 heavy (non-hydrogen) atoms. The maximum atomic E-state index is 12.7. The van der Waals surface area contributed by atoms with Crippen molar-refractivity contribution in [2.75, 3.05) is 5.32 Å². The van der Waals surface area contributed by atoms with E-state index in [1.165, 1.54) is 6.07 Å². The number of hydrogen-bond donors (Lipinski definition) is 1. The number of alkyl halides is 3. The molecule has 1 heterocycles. The third-order valence-electron chi connectivity index (χ3n) is 2.84. The molecule has 8 heteroatoms. The van der Waals surface area contributed by atoms with E-state index in [0.717, 1.165) is 18.7 Å². The van der Waals surface area contributed by atoms with Crippen molar-refractivity contribution >= 4 is 11.6 Å². The summed E-state index contributed by atoms with van der Waals surface area (Å²) in [6.45, 7) is 0. The van der Waals surface area contributed by atoms with Gasteiger partial charge in [0.25, 0.3) is 0 Å². The summed E-state index contributed by atoms with van der Waals surface area (Å²) in [7, 11) is 0. The number of aromatic nitrogens is 1. The molecule has 1 saturated carbocycles. The number of nitriles is 1. The van der Waals surface area contributed by atoms with Gasteiger partial charge in [0.1, 0.15) is 6.07 Å². The zero-order chi connectivity index (χ0) is 14.0. The van der Waals surface area contributed by atoms with Crippen molar-refractivity contribution in [3.05, 3.63) is 29.4 Å². The van der Waals surface area contributed by atoms with E-state index in [2.05, 4.69) is 10.3 Å². The van der Waals surface area contributed by atoms with Crippen LogP contribution in [0.1, 0.15) is 30.5 Å². The summed E-state index contributed by atoms with van der Waals surface area (Å²) in [4.78, 5) is 15.0. The van der Waals surface area contributed by atoms with Gasteiger partial charge in [-0.25, -0.2) is 4.98 Å². The Morgan fingerprint density at radius 2 is 2.10 bits per heavy atom. The number of halogens is 3. The Morgan fingerprint density at radius 3 is 2.55 bits per heavy atom. The molecular weight excluding hydrogens is 443 g/mol. The van der Waals surface area contributed by atoms with Crippen LogP contribution < -0.4 is 5.32 Å². The van der Waals surface area contributed by atoms with E-state index in [4.69, 9.17) is 5.26 Å². The molecular formula is C12H9F3N3OW-. The predicted molar refractivity (Wildman–Crippen MR) is 59.7 cm³/mol. The van der Waals surface area contributed by atoms with Crippen molar-refractivity contribution in [1.82, 2.24) is 4.98 Å².